The summed E-state index contributed by atoms with van der Waals surface area (Å²) in [6, 6.07) is 0. The van der Waals surface area contributed by atoms with Crippen LogP contribution in [0.4, 0.5) is 0 Å². The average molecular weight is 109 g/mol. The second-order valence-electron chi connectivity index (χ2n) is 1.69. The van der Waals surface area contributed by atoms with Gasteiger partial charge in [-0.1, -0.05) is 18.2 Å². The van der Waals surface area contributed by atoms with Crippen molar-refractivity contribution in [3.05, 3.63) is 31.7 Å². The van der Waals surface area contributed by atoms with Gasteiger partial charge in [0, 0.05) is 0 Å². The van der Waals surface area contributed by atoms with E-state index in [0.29, 0.717) is 0 Å². The van der Waals surface area contributed by atoms with Gasteiger partial charge >= 0.3 is 0 Å². The van der Waals surface area contributed by atoms with Crippen LogP contribution in [0.1, 0.15) is 19.3 Å². The predicted octanol–water partition coefficient (Wildman–Crippen LogP) is 2.73. The zero-order valence-electron chi connectivity index (χ0n) is 5.27. The maximum atomic E-state index is 3.62. The topological polar surface area (TPSA) is 0 Å². The van der Waals surface area contributed by atoms with Crippen LogP contribution in [0.25, 0.3) is 0 Å². The van der Waals surface area contributed by atoms with Crippen molar-refractivity contribution in [2.45, 2.75) is 19.3 Å². The van der Waals surface area contributed by atoms with Crippen molar-refractivity contribution in [3.8, 4) is 0 Å². The van der Waals surface area contributed by atoms with Crippen molar-refractivity contribution in [1.82, 2.24) is 0 Å². The van der Waals surface area contributed by atoms with Crippen molar-refractivity contribution in [3.63, 3.8) is 0 Å². The molecule has 0 aliphatic rings. The molecule has 45 valence electrons. The summed E-state index contributed by atoms with van der Waals surface area (Å²) in [6.45, 7) is 7.20. The summed E-state index contributed by atoms with van der Waals surface area (Å²) in [5, 5.41) is 0. The lowest BCUT2D eigenvalue weighted by Crippen LogP contribution is -1.65. The minimum absolute atomic E-state index is 1.12. The number of rotatable bonds is 4. The van der Waals surface area contributed by atoms with Crippen LogP contribution in [0.15, 0.2) is 24.8 Å². The van der Waals surface area contributed by atoms with Gasteiger partial charge in [-0.2, -0.15) is 0 Å². The summed E-state index contributed by atoms with van der Waals surface area (Å²) in [4.78, 5) is 0. The Morgan fingerprint density at radius 3 is 2.50 bits per heavy atom. The normalized spacial score (nSPS) is 10.1. The smallest absolute Gasteiger partial charge is 0.0316 e. The van der Waals surface area contributed by atoms with Crippen LogP contribution < -0.4 is 0 Å². The van der Waals surface area contributed by atoms with Gasteiger partial charge in [0.2, 0.25) is 0 Å². The number of hydrogen-bond acceptors (Lipinski definition) is 0. The number of hydrogen-bond donors (Lipinski definition) is 0. The molecular weight excluding hydrogens is 96.1 g/mol. The van der Waals surface area contributed by atoms with E-state index in [0.717, 1.165) is 12.8 Å². The van der Waals surface area contributed by atoms with Crippen LogP contribution in [0.5, 0.6) is 0 Å². The summed E-state index contributed by atoms with van der Waals surface area (Å²) < 4.78 is 0. The molecule has 0 nitrogen and oxygen atoms in total. The molecule has 0 atom stereocenters. The monoisotopic (exact) mass is 109 g/mol. The Balaban J connectivity index is 2.82. The Morgan fingerprint density at radius 1 is 1.25 bits per heavy atom. The molecule has 0 spiro atoms. The van der Waals surface area contributed by atoms with Gasteiger partial charge in [0.05, 0.1) is 0 Å². The first-order valence-corrected chi connectivity index (χ1v) is 2.97. The van der Waals surface area contributed by atoms with Gasteiger partial charge in [-0.15, -0.1) is 6.58 Å². The summed E-state index contributed by atoms with van der Waals surface area (Å²) in [6.07, 6.45) is 9.30. The molecule has 0 saturated heterocycles. The molecule has 0 saturated carbocycles. The standard InChI is InChI=1S/C8H13/c1-3-5-7-8-6-4-2/h3-5H,1-2,6-8H2. The zero-order valence-corrected chi connectivity index (χ0v) is 5.27. The second kappa shape index (κ2) is 6.48. The third-order valence-corrected chi connectivity index (χ3v) is 0.946. The second-order valence-corrected chi connectivity index (χ2v) is 1.69. The first-order valence-electron chi connectivity index (χ1n) is 2.97. The summed E-state index contributed by atoms with van der Waals surface area (Å²) in [7, 11) is 0. The molecule has 0 aliphatic carbocycles. The van der Waals surface area contributed by atoms with Crippen LogP contribution in [-0.2, 0) is 0 Å². The Bertz CT molecular complexity index is 70.1. The van der Waals surface area contributed by atoms with Crippen molar-refractivity contribution in [2.24, 2.45) is 0 Å². The lowest BCUT2D eigenvalue weighted by molar-refractivity contribution is 0.870. The number of unbranched alkanes of at least 4 members (excludes halogenated alkanes) is 2. The van der Waals surface area contributed by atoms with Gasteiger partial charge in [-0.25, -0.2) is 0 Å². The van der Waals surface area contributed by atoms with Crippen LogP contribution in [0.3, 0.4) is 0 Å². The van der Waals surface area contributed by atoms with E-state index in [2.05, 4.69) is 19.6 Å². The van der Waals surface area contributed by atoms with Gasteiger partial charge in [0.15, 0.2) is 0 Å². The Labute approximate surface area is 51.9 Å². The first-order chi connectivity index (χ1) is 3.91. The van der Waals surface area contributed by atoms with Gasteiger partial charge in [-0.3, -0.25) is 0 Å². The summed E-state index contributed by atoms with van der Waals surface area (Å²) >= 11 is 0. The Hall–Kier alpha value is -0.520. The largest absolute Gasteiger partial charge is 0.103 e. The summed E-state index contributed by atoms with van der Waals surface area (Å²) in [5.41, 5.74) is 0. The van der Waals surface area contributed by atoms with Gasteiger partial charge < -0.3 is 0 Å². The molecule has 0 fully saturated rings. The highest BCUT2D eigenvalue weighted by molar-refractivity contribution is 4.84. The quantitative estimate of drug-likeness (QED) is 0.384. The summed E-state index contributed by atoms with van der Waals surface area (Å²) in [5.74, 6) is 0. The number of allylic oxidation sites excluding steroid dienone is 3. The molecule has 0 heteroatoms. The minimum Gasteiger partial charge on any atom is -0.103 e. The fraction of sp³-hybridized carbons (Fsp3) is 0.375. The van der Waals surface area contributed by atoms with Gasteiger partial charge in [-0.05, 0) is 26.2 Å². The Kier molecular flexibility index (Phi) is 6.06. The van der Waals surface area contributed by atoms with E-state index in [1.54, 1.807) is 0 Å². The lowest BCUT2D eigenvalue weighted by Gasteiger charge is -1.85. The third kappa shape index (κ3) is 5.48. The average Bonchev–Trinajstić information content (AvgIpc) is 1.81. The molecule has 0 bridgehead atoms. The minimum atomic E-state index is 1.12. The van der Waals surface area contributed by atoms with E-state index in [1.165, 1.54) is 6.42 Å². The highest BCUT2D eigenvalue weighted by Crippen LogP contribution is 1.95. The molecular formula is C8H13. The van der Waals surface area contributed by atoms with E-state index in [9.17, 15) is 0 Å². The van der Waals surface area contributed by atoms with Crippen LogP contribution >= 0.6 is 0 Å². The fourth-order valence-corrected chi connectivity index (χ4v) is 0.498. The van der Waals surface area contributed by atoms with Crippen LogP contribution in [0.2, 0.25) is 0 Å². The molecule has 8 heavy (non-hydrogen) atoms. The van der Waals surface area contributed by atoms with E-state index < -0.39 is 0 Å². The zero-order chi connectivity index (χ0) is 6.24. The maximum Gasteiger partial charge on any atom is -0.0316 e. The van der Waals surface area contributed by atoms with Gasteiger partial charge in [0.25, 0.3) is 0 Å². The van der Waals surface area contributed by atoms with E-state index >= 15 is 0 Å². The molecule has 0 aromatic rings. The first kappa shape index (κ1) is 7.48. The molecule has 0 unspecified atom stereocenters. The molecule has 0 rings (SSSR count). The highest BCUT2D eigenvalue weighted by atomic mass is 13.8. The molecule has 0 aromatic carbocycles. The fourth-order valence-electron chi connectivity index (χ4n) is 0.498. The molecule has 0 heterocycles. The van der Waals surface area contributed by atoms with Crippen LogP contribution in [-0.4, -0.2) is 0 Å². The third-order valence-electron chi connectivity index (χ3n) is 0.946. The SMILES string of the molecule is [CH2]C=CCCCC=C. The molecule has 1 radical (unpaired) electrons. The van der Waals surface area contributed by atoms with Crippen molar-refractivity contribution in [1.29, 1.82) is 0 Å². The molecule has 0 amide bonds. The van der Waals surface area contributed by atoms with E-state index in [1.807, 2.05) is 12.2 Å². The van der Waals surface area contributed by atoms with E-state index in [-0.39, 0.29) is 0 Å². The molecule has 0 N–H and O–H groups in total. The molecule has 0 aliphatic heterocycles. The van der Waals surface area contributed by atoms with Crippen molar-refractivity contribution < 1.29 is 0 Å². The van der Waals surface area contributed by atoms with E-state index in [4.69, 9.17) is 0 Å². The van der Waals surface area contributed by atoms with Crippen molar-refractivity contribution in [2.75, 3.05) is 0 Å². The highest BCUT2D eigenvalue weighted by Gasteiger charge is 1.75. The maximum absolute atomic E-state index is 3.62. The Morgan fingerprint density at radius 2 is 2.00 bits per heavy atom. The van der Waals surface area contributed by atoms with Gasteiger partial charge in [0.1, 0.15) is 0 Å². The van der Waals surface area contributed by atoms with Crippen LogP contribution in [0, 0.1) is 6.92 Å². The lowest BCUT2D eigenvalue weighted by atomic mass is 10.2. The van der Waals surface area contributed by atoms with Crippen molar-refractivity contribution >= 4 is 0 Å². The predicted molar refractivity (Wildman–Crippen MR) is 38.5 cm³/mol. The molecule has 0 aromatic heterocycles.